The molecule has 0 saturated heterocycles. The van der Waals surface area contributed by atoms with Crippen LogP contribution in [0, 0.1) is 17.4 Å². The molecular formula is C13H13IN2O2. The van der Waals surface area contributed by atoms with E-state index in [1.54, 1.807) is 4.68 Å². The Morgan fingerprint density at radius 3 is 2.72 bits per heavy atom. The van der Waals surface area contributed by atoms with Gasteiger partial charge in [0.2, 0.25) is 0 Å². The van der Waals surface area contributed by atoms with Crippen molar-refractivity contribution >= 4 is 28.6 Å². The molecule has 0 atom stereocenters. The van der Waals surface area contributed by atoms with Crippen molar-refractivity contribution in [3.63, 3.8) is 0 Å². The minimum absolute atomic E-state index is 0.358. The van der Waals surface area contributed by atoms with Gasteiger partial charge in [-0.3, -0.25) is 0 Å². The Bertz CT molecular complexity index is 605. The number of rotatable bonds is 2. The van der Waals surface area contributed by atoms with E-state index in [1.807, 2.05) is 38.1 Å². The summed E-state index contributed by atoms with van der Waals surface area (Å²) < 4.78 is 7.31. The van der Waals surface area contributed by atoms with Crippen LogP contribution >= 0.6 is 22.6 Å². The zero-order valence-electron chi connectivity index (χ0n) is 10.4. The van der Waals surface area contributed by atoms with Crippen molar-refractivity contribution < 1.29 is 9.53 Å². The summed E-state index contributed by atoms with van der Waals surface area (Å²) in [5.41, 5.74) is 3.39. The lowest BCUT2D eigenvalue weighted by Gasteiger charge is -2.04. The number of methoxy groups -OCH3 is 1. The number of ether oxygens (including phenoxy) is 1. The molecule has 0 fully saturated rings. The molecule has 5 heteroatoms. The molecule has 18 heavy (non-hydrogen) atoms. The Morgan fingerprint density at radius 2 is 2.11 bits per heavy atom. The highest BCUT2D eigenvalue weighted by atomic mass is 127. The highest BCUT2D eigenvalue weighted by Crippen LogP contribution is 2.21. The minimum atomic E-state index is -0.408. The van der Waals surface area contributed by atoms with Crippen molar-refractivity contribution in [1.29, 1.82) is 0 Å². The van der Waals surface area contributed by atoms with E-state index in [-0.39, 0.29) is 0 Å². The maximum absolute atomic E-state index is 11.6. The smallest absolute Gasteiger partial charge is 0.359 e. The lowest BCUT2D eigenvalue weighted by molar-refractivity contribution is 0.0592. The van der Waals surface area contributed by atoms with Crippen LogP contribution in [0.4, 0.5) is 0 Å². The van der Waals surface area contributed by atoms with Crippen molar-refractivity contribution in [2.75, 3.05) is 7.11 Å². The lowest BCUT2D eigenvalue weighted by Crippen LogP contribution is -2.05. The van der Waals surface area contributed by atoms with Crippen molar-refractivity contribution in [3.8, 4) is 5.69 Å². The van der Waals surface area contributed by atoms with Crippen molar-refractivity contribution in [2.45, 2.75) is 13.8 Å². The third kappa shape index (κ3) is 2.27. The number of nitrogens with zero attached hydrogens (tertiary/aromatic N) is 2. The van der Waals surface area contributed by atoms with Crippen LogP contribution in [0.5, 0.6) is 0 Å². The Balaban J connectivity index is 2.56. The van der Waals surface area contributed by atoms with Gasteiger partial charge in [-0.05, 0) is 54.1 Å². The first kappa shape index (κ1) is 13.1. The van der Waals surface area contributed by atoms with Crippen LogP contribution in [0.3, 0.4) is 0 Å². The maximum atomic E-state index is 11.6. The first-order valence-electron chi connectivity index (χ1n) is 5.45. The van der Waals surface area contributed by atoms with E-state index < -0.39 is 5.97 Å². The summed E-state index contributed by atoms with van der Waals surface area (Å²) in [5.74, 6) is -0.408. The van der Waals surface area contributed by atoms with Gasteiger partial charge >= 0.3 is 5.97 Å². The number of halogens is 1. The number of carbonyl (C=O) groups is 1. The van der Waals surface area contributed by atoms with Crippen LogP contribution in [0.1, 0.15) is 21.7 Å². The van der Waals surface area contributed by atoms with Gasteiger partial charge in [-0.15, -0.1) is 0 Å². The molecule has 0 aliphatic heterocycles. The highest BCUT2D eigenvalue weighted by Gasteiger charge is 2.19. The van der Waals surface area contributed by atoms with Gasteiger partial charge in [0, 0.05) is 0 Å². The number of esters is 1. The van der Waals surface area contributed by atoms with Crippen molar-refractivity contribution in [2.24, 2.45) is 0 Å². The van der Waals surface area contributed by atoms with Crippen molar-refractivity contribution in [3.05, 3.63) is 44.8 Å². The van der Waals surface area contributed by atoms with Gasteiger partial charge in [0.1, 0.15) is 0 Å². The molecule has 1 aromatic heterocycles. The number of hydrogen-bond donors (Lipinski definition) is 0. The second-order valence-electron chi connectivity index (χ2n) is 3.99. The Hall–Kier alpha value is -1.37. The van der Waals surface area contributed by atoms with Gasteiger partial charge in [0.15, 0.2) is 5.69 Å². The molecule has 0 aliphatic carbocycles. The molecule has 1 aromatic carbocycles. The Morgan fingerprint density at radius 1 is 1.39 bits per heavy atom. The van der Waals surface area contributed by atoms with Gasteiger partial charge < -0.3 is 4.74 Å². The van der Waals surface area contributed by atoms with Crippen LogP contribution in [-0.2, 0) is 4.74 Å². The van der Waals surface area contributed by atoms with Crippen LogP contribution < -0.4 is 0 Å². The van der Waals surface area contributed by atoms with Gasteiger partial charge in [-0.2, -0.15) is 5.10 Å². The third-order valence-corrected chi connectivity index (χ3v) is 3.96. The number of carbonyl (C=O) groups excluding carboxylic acids is 1. The maximum Gasteiger partial charge on any atom is 0.359 e. The van der Waals surface area contributed by atoms with E-state index in [0.717, 1.165) is 20.5 Å². The Kier molecular flexibility index (Phi) is 3.70. The second-order valence-corrected chi connectivity index (χ2v) is 5.07. The summed E-state index contributed by atoms with van der Waals surface area (Å²) in [5, 5.41) is 4.33. The Labute approximate surface area is 119 Å². The molecule has 94 valence electrons. The zero-order valence-corrected chi connectivity index (χ0v) is 12.6. The van der Waals surface area contributed by atoms with Crippen LogP contribution in [0.25, 0.3) is 5.69 Å². The van der Waals surface area contributed by atoms with E-state index in [4.69, 9.17) is 4.74 Å². The quantitative estimate of drug-likeness (QED) is 0.614. The van der Waals surface area contributed by atoms with E-state index in [1.165, 1.54) is 7.11 Å². The molecule has 0 aliphatic rings. The minimum Gasteiger partial charge on any atom is -0.464 e. The predicted octanol–water partition coefficient (Wildman–Crippen LogP) is 2.88. The molecule has 0 saturated carbocycles. The average molecular weight is 356 g/mol. The first-order valence-corrected chi connectivity index (χ1v) is 6.53. The third-order valence-electron chi connectivity index (χ3n) is 2.67. The van der Waals surface area contributed by atoms with Gasteiger partial charge in [0.25, 0.3) is 0 Å². The summed E-state index contributed by atoms with van der Waals surface area (Å²) in [6.07, 6.45) is 0. The monoisotopic (exact) mass is 356 g/mol. The fourth-order valence-electron chi connectivity index (χ4n) is 1.72. The van der Waals surface area contributed by atoms with Crippen molar-refractivity contribution in [1.82, 2.24) is 9.78 Å². The molecule has 2 aromatic rings. The first-order chi connectivity index (χ1) is 8.54. The largest absolute Gasteiger partial charge is 0.464 e. The van der Waals surface area contributed by atoms with E-state index >= 15 is 0 Å². The number of aryl methyl sites for hydroxylation is 1. The number of benzene rings is 1. The lowest BCUT2D eigenvalue weighted by atomic mass is 10.2. The fourth-order valence-corrected chi connectivity index (χ4v) is 2.28. The standard InChI is InChI=1S/C13H13IN2O2/c1-8-5-4-6-10(7-8)16-9(2)11(14)12(15-16)13(17)18-3/h4-7H,1-3H3. The molecule has 0 bridgehead atoms. The summed E-state index contributed by atoms with van der Waals surface area (Å²) in [4.78, 5) is 11.6. The SMILES string of the molecule is COC(=O)c1nn(-c2cccc(C)c2)c(C)c1I. The van der Waals surface area contributed by atoms with Gasteiger partial charge in [-0.25, -0.2) is 9.48 Å². The molecule has 0 N–H and O–H groups in total. The molecule has 1 heterocycles. The average Bonchev–Trinajstić information content (AvgIpc) is 2.66. The predicted molar refractivity (Wildman–Crippen MR) is 77.1 cm³/mol. The summed E-state index contributed by atoms with van der Waals surface area (Å²) in [6, 6.07) is 7.98. The van der Waals surface area contributed by atoms with Gasteiger partial charge in [-0.1, -0.05) is 12.1 Å². The summed E-state index contributed by atoms with van der Waals surface area (Å²) in [7, 11) is 1.36. The molecule has 0 spiro atoms. The molecular weight excluding hydrogens is 343 g/mol. The van der Waals surface area contributed by atoms with Crippen LogP contribution in [0.15, 0.2) is 24.3 Å². The summed E-state index contributed by atoms with van der Waals surface area (Å²) >= 11 is 2.12. The molecule has 2 rings (SSSR count). The number of hydrogen-bond acceptors (Lipinski definition) is 3. The number of aromatic nitrogens is 2. The van der Waals surface area contributed by atoms with Crippen LogP contribution in [-0.4, -0.2) is 22.9 Å². The fraction of sp³-hybridized carbons (Fsp3) is 0.231. The highest BCUT2D eigenvalue weighted by molar-refractivity contribution is 14.1. The second kappa shape index (κ2) is 5.09. The van der Waals surface area contributed by atoms with E-state index in [0.29, 0.717) is 5.69 Å². The molecule has 0 unspecified atom stereocenters. The molecule has 0 radical (unpaired) electrons. The normalized spacial score (nSPS) is 10.4. The zero-order chi connectivity index (χ0) is 13.3. The summed E-state index contributed by atoms with van der Waals surface area (Å²) in [6.45, 7) is 3.96. The topological polar surface area (TPSA) is 44.1 Å². The van der Waals surface area contributed by atoms with E-state index in [9.17, 15) is 4.79 Å². The molecule has 4 nitrogen and oxygen atoms in total. The molecule has 0 amide bonds. The van der Waals surface area contributed by atoms with Crippen LogP contribution in [0.2, 0.25) is 0 Å². The van der Waals surface area contributed by atoms with E-state index in [2.05, 4.69) is 27.7 Å². The van der Waals surface area contributed by atoms with Gasteiger partial charge in [0.05, 0.1) is 22.1 Å².